The average Bonchev–Trinajstić information content (AvgIpc) is 2.86. The second kappa shape index (κ2) is 6.97. The number of Topliss-reactive ketones (excluding diaryl/α,β-unsaturated/α-hetero) is 2. The van der Waals surface area contributed by atoms with Gasteiger partial charge < -0.3 is 4.74 Å². The molecule has 6 nitrogen and oxygen atoms in total. The summed E-state index contributed by atoms with van der Waals surface area (Å²) in [6.45, 7) is 0. The quantitative estimate of drug-likeness (QED) is 0.303. The minimum Gasteiger partial charge on any atom is -0.452 e. The monoisotopic (exact) mass is 433 g/mol. The zero-order chi connectivity index (χ0) is 22.7. The molecule has 0 saturated heterocycles. The summed E-state index contributed by atoms with van der Waals surface area (Å²) in [4.78, 5) is 37.8. The van der Waals surface area contributed by atoms with Crippen LogP contribution in [0.15, 0.2) is 96.3 Å². The van der Waals surface area contributed by atoms with Crippen molar-refractivity contribution in [2.45, 2.75) is 5.92 Å². The van der Waals surface area contributed by atoms with Gasteiger partial charge in [-0.25, -0.2) is 0 Å². The number of benzene rings is 4. The van der Waals surface area contributed by atoms with Crippen molar-refractivity contribution in [3.8, 4) is 5.75 Å². The van der Waals surface area contributed by atoms with Crippen LogP contribution in [0.5, 0.6) is 5.75 Å². The van der Waals surface area contributed by atoms with Crippen LogP contribution < -0.4 is 4.74 Å². The number of hydrogen-bond donors (Lipinski definition) is 0. The topological polar surface area (TPSA) is 86.5 Å². The molecule has 1 aliphatic heterocycles. The van der Waals surface area contributed by atoms with E-state index >= 15 is 0 Å². The molecule has 0 radical (unpaired) electrons. The lowest BCUT2D eigenvalue weighted by molar-refractivity contribution is -0.384. The molecule has 0 bridgehead atoms. The molecule has 0 fully saturated rings. The van der Waals surface area contributed by atoms with Gasteiger partial charge in [0.1, 0.15) is 5.75 Å². The molecule has 0 N–H and O–H groups in total. The normalized spacial score (nSPS) is 16.7. The number of rotatable bonds is 2. The van der Waals surface area contributed by atoms with Crippen LogP contribution in [0.4, 0.5) is 5.69 Å². The van der Waals surface area contributed by atoms with Crippen molar-refractivity contribution in [3.05, 3.63) is 129 Å². The van der Waals surface area contributed by atoms with Gasteiger partial charge in [-0.3, -0.25) is 19.7 Å². The van der Waals surface area contributed by atoms with Gasteiger partial charge >= 0.3 is 0 Å². The van der Waals surface area contributed by atoms with E-state index in [-0.39, 0.29) is 28.6 Å². The molecule has 0 spiro atoms. The second-order valence-electron chi connectivity index (χ2n) is 8.03. The van der Waals surface area contributed by atoms with Crippen LogP contribution in [0.25, 0.3) is 10.8 Å². The summed E-state index contributed by atoms with van der Waals surface area (Å²) in [6.07, 6.45) is 0. The highest BCUT2D eigenvalue weighted by molar-refractivity contribution is 6.27. The molecule has 2 aliphatic rings. The molecule has 1 unspecified atom stereocenters. The van der Waals surface area contributed by atoms with E-state index in [0.717, 1.165) is 16.3 Å². The largest absolute Gasteiger partial charge is 0.452 e. The molecule has 158 valence electrons. The first kappa shape index (κ1) is 19.1. The Morgan fingerprint density at radius 1 is 0.758 bits per heavy atom. The number of carbonyl (C=O) groups is 2. The van der Waals surface area contributed by atoms with Gasteiger partial charge in [0.15, 0.2) is 11.5 Å². The highest BCUT2D eigenvalue weighted by atomic mass is 16.6. The third-order valence-electron chi connectivity index (χ3n) is 6.27. The lowest BCUT2D eigenvalue weighted by atomic mass is 9.74. The van der Waals surface area contributed by atoms with Crippen molar-refractivity contribution in [2.24, 2.45) is 0 Å². The smallest absolute Gasteiger partial charge is 0.269 e. The predicted molar refractivity (Wildman–Crippen MR) is 122 cm³/mol. The number of hydrogen-bond acceptors (Lipinski definition) is 5. The van der Waals surface area contributed by atoms with Crippen LogP contribution in [0.1, 0.15) is 37.8 Å². The van der Waals surface area contributed by atoms with E-state index < -0.39 is 10.8 Å². The molecule has 0 amide bonds. The molecular formula is C27H15NO5. The number of carbonyl (C=O) groups excluding carboxylic acids is 2. The SMILES string of the molecule is O=C1C2=C(C(=O)c3ccccc31)C(c1ccc([N+](=O)[O-])cc1)c1c(ccc3ccccc13)O2. The zero-order valence-corrected chi connectivity index (χ0v) is 17.1. The van der Waals surface area contributed by atoms with Gasteiger partial charge in [-0.05, 0) is 22.4 Å². The maximum absolute atomic E-state index is 13.7. The lowest BCUT2D eigenvalue weighted by Crippen LogP contribution is -2.31. The van der Waals surface area contributed by atoms with Crippen molar-refractivity contribution in [3.63, 3.8) is 0 Å². The summed E-state index contributed by atoms with van der Waals surface area (Å²) >= 11 is 0. The summed E-state index contributed by atoms with van der Waals surface area (Å²) in [7, 11) is 0. The summed E-state index contributed by atoms with van der Waals surface area (Å²) in [5.74, 6) is -0.713. The van der Waals surface area contributed by atoms with Crippen molar-refractivity contribution in [1.29, 1.82) is 0 Å². The molecule has 0 saturated carbocycles. The van der Waals surface area contributed by atoms with Gasteiger partial charge in [0.05, 0.1) is 10.5 Å². The molecule has 4 aromatic rings. The van der Waals surface area contributed by atoms with Crippen LogP contribution >= 0.6 is 0 Å². The maximum atomic E-state index is 13.7. The van der Waals surface area contributed by atoms with Crippen LogP contribution in [-0.4, -0.2) is 16.5 Å². The van der Waals surface area contributed by atoms with E-state index in [1.807, 2.05) is 30.3 Å². The Balaban J connectivity index is 1.66. The summed E-state index contributed by atoms with van der Waals surface area (Å²) in [6, 6.07) is 24.3. The van der Waals surface area contributed by atoms with Crippen molar-refractivity contribution in [2.75, 3.05) is 0 Å². The Morgan fingerprint density at radius 3 is 2.15 bits per heavy atom. The highest BCUT2D eigenvalue weighted by Crippen LogP contribution is 2.49. The molecular weight excluding hydrogens is 418 g/mol. The lowest BCUT2D eigenvalue weighted by Gasteiger charge is -2.33. The molecule has 4 aromatic carbocycles. The second-order valence-corrected chi connectivity index (χ2v) is 8.03. The fourth-order valence-corrected chi connectivity index (χ4v) is 4.77. The van der Waals surface area contributed by atoms with Gasteiger partial charge in [0.25, 0.3) is 5.69 Å². The highest BCUT2D eigenvalue weighted by Gasteiger charge is 2.43. The Hall–Kier alpha value is -4.58. The predicted octanol–water partition coefficient (Wildman–Crippen LogP) is 5.61. The summed E-state index contributed by atoms with van der Waals surface area (Å²) in [5.41, 5.74) is 2.30. The molecule has 6 rings (SSSR count). The third kappa shape index (κ3) is 2.74. The van der Waals surface area contributed by atoms with Crippen molar-refractivity contribution < 1.29 is 19.2 Å². The third-order valence-corrected chi connectivity index (χ3v) is 6.27. The van der Waals surface area contributed by atoms with E-state index in [4.69, 9.17) is 4.74 Å². The number of fused-ring (bicyclic) bond motifs is 4. The zero-order valence-electron chi connectivity index (χ0n) is 17.1. The van der Waals surface area contributed by atoms with Crippen LogP contribution in [0.3, 0.4) is 0 Å². The van der Waals surface area contributed by atoms with Crippen LogP contribution in [-0.2, 0) is 0 Å². The molecule has 1 aliphatic carbocycles. The van der Waals surface area contributed by atoms with E-state index in [1.165, 1.54) is 12.1 Å². The first-order valence-corrected chi connectivity index (χ1v) is 10.4. The molecule has 6 heteroatoms. The van der Waals surface area contributed by atoms with E-state index in [9.17, 15) is 19.7 Å². The van der Waals surface area contributed by atoms with Gasteiger partial charge in [0, 0.05) is 34.7 Å². The van der Waals surface area contributed by atoms with E-state index in [2.05, 4.69) is 0 Å². The Morgan fingerprint density at radius 2 is 1.42 bits per heavy atom. The van der Waals surface area contributed by atoms with Gasteiger partial charge in [-0.1, -0.05) is 66.7 Å². The Labute approximate surface area is 187 Å². The fraction of sp³-hybridized carbons (Fsp3) is 0.0370. The molecule has 33 heavy (non-hydrogen) atoms. The van der Waals surface area contributed by atoms with Crippen LogP contribution in [0.2, 0.25) is 0 Å². The number of nitro groups is 1. The molecule has 1 heterocycles. The first-order chi connectivity index (χ1) is 16.0. The average molecular weight is 433 g/mol. The number of nitro benzene ring substituents is 1. The first-order valence-electron chi connectivity index (χ1n) is 10.4. The molecule has 0 aromatic heterocycles. The maximum Gasteiger partial charge on any atom is 0.269 e. The van der Waals surface area contributed by atoms with E-state index in [1.54, 1.807) is 42.5 Å². The van der Waals surface area contributed by atoms with Gasteiger partial charge in [-0.2, -0.15) is 0 Å². The number of nitrogens with zero attached hydrogens (tertiary/aromatic N) is 1. The summed E-state index contributed by atoms with van der Waals surface area (Å²) < 4.78 is 6.10. The standard InChI is InChI=1S/C27H15NO5/c29-25-19-7-3-4-8-20(19)26(30)27-24(25)22(16-9-12-17(13-10-16)28(31)32)23-18-6-2-1-5-15(18)11-14-21(23)33-27/h1-14,22H. The Kier molecular flexibility index (Phi) is 4.04. The minimum atomic E-state index is -0.611. The van der Waals surface area contributed by atoms with Crippen molar-refractivity contribution >= 4 is 28.0 Å². The van der Waals surface area contributed by atoms with Gasteiger partial charge in [0.2, 0.25) is 5.78 Å². The number of ether oxygens (including phenoxy) is 1. The number of allylic oxidation sites excluding steroid dienone is 2. The fourth-order valence-electron chi connectivity index (χ4n) is 4.77. The summed E-state index contributed by atoms with van der Waals surface area (Å²) in [5, 5.41) is 13.1. The van der Waals surface area contributed by atoms with Crippen molar-refractivity contribution in [1.82, 2.24) is 0 Å². The van der Waals surface area contributed by atoms with Crippen LogP contribution in [0, 0.1) is 10.1 Å². The van der Waals surface area contributed by atoms with E-state index in [0.29, 0.717) is 22.4 Å². The molecule has 1 atom stereocenters. The van der Waals surface area contributed by atoms with Gasteiger partial charge in [-0.15, -0.1) is 0 Å². The Bertz CT molecular complexity index is 1550. The minimum absolute atomic E-state index is 0.0184. The number of ketones is 2. The number of non-ortho nitro benzene ring substituents is 1.